The van der Waals surface area contributed by atoms with Crippen LogP contribution in [0.1, 0.15) is 27.2 Å². The van der Waals surface area contributed by atoms with E-state index in [0.717, 1.165) is 18.7 Å². The van der Waals surface area contributed by atoms with E-state index < -0.39 is 0 Å². The Balaban J connectivity index is 2.29. The molecule has 0 aromatic rings. The summed E-state index contributed by atoms with van der Waals surface area (Å²) in [4.78, 5) is 13.4. The standard InChI is InChI=1S/C12H22N2O/c1-9(2)13-6-11(4)8-14-7-10(3)5-12(14)15/h9-10,13H,4-8H2,1-3H3. The first-order chi connectivity index (χ1) is 6.99. The minimum absolute atomic E-state index is 0.271. The molecule has 3 heteroatoms. The largest absolute Gasteiger partial charge is 0.338 e. The highest BCUT2D eigenvalue weighted by Crippen LogP contribution is 2.17. The lowest BCUT2D eigenvalue weighted by Crippen LogP contribution is -2.32. The molecular formula is C12H22N2O. The van der Waals surface area contributed by atoms with E-state index in [1.54, 1.807) is 0 Å². The molecule has 0 bridgehead atoms. The predicted molar refractivity (Wildman–Crippen MR) is 62.6 cm³/mol. The maximum Gasteiger partial charge on any atom is 0.223 e. The molecule has 1 aliphatic rings. The second kappa shape index (κ2) is 5.31. The van der Waals surface area contributed by atoms with Crippen molar-refractivity contribution >= 4 is 5.91 Å². The fraction of sp³-hybridized carbons (Fsp3) is 0.750. The lowest BCUT2D eigenvalue weighted by molar-refractivity contribution is -0.127. The molecule has 1 rings (SSSR count). The number of carbonyl (C=O) groups excluding carboxylic acids is 1. The second-order valence-corrected chi connectivity index (χ2v) is 4.87. The van der Waals surface area contributed by atoms with Crippen LogP contribution < -0.4 is 5.32 Å². The van der Waals surface area contributed by atoms with Crippen molar-refractivity contribution in [2.45, 2.75) is 33.2 Å². The van der Waals surface area contributed by atoms with Crippen LogP contribution in [-0.4, -0.2) is 36.5 Å². The van der Waals surface area contributed by atoms with Crippen molar-refractivity contribution in [2.75, 3.05) is 19.6 Å². The minimum atomic E-state index is 0.271. The van der Waals surface area contributed by atoms with Gasteiger partial charge in [-0.1, -0.05) is 27.4 Å². The molecule has 1 amide bonds. The summed E-state index contributed by atoms with van der Waals surface area (Å²) in [5.41, 5.74) is 1.09. The van der Waals surface area contributed by atoms with E-state index in [4.69, 9.17) is 0 Å². The maximum absolute atomic E-state index is 11.5. The summed E-state index contributed by atoms with van der Waals surface area (Å²) < 4.78 is 0. The fourth-order valence-electron chi connectivity index (χ4n) is 1.80. The molecule has 0 aromatic carbocycles. The number of nitrogens with one attached hydrogen (secondary N) is 1. The van der Waals surface area contributed by atoms with Crippen LogP contribution in [0.3, 0.4) is 0 Å². The van der Waals surface area contributed by atoms with E-state index in [9.17, 15) is 4.79 Å². The molecule has 1 atom stereocenters. The summed E-state index contributed by atoms with van der Waals surface area (Å²) in [6, 6.07) is 0.468. The van der Waals surface area contributed by atoms with Crippen molar-refractivity contribution in [2.24, 2.45) is 5.92 Å². The Morgan fingerprint density at radius 1 is 1.67 bits per heavy atom. The molecule has 1 N–H and O–H groups in total. The third-order valence-corrected chi connectivity index (χ3v) is 2.58. The number of hydrogen-bond acceptors (Lipinski definition) is 2. The molecular weight excluding hydrogens is 188 g/mol. The number of nitrogens with zero attached hydrogens (tertiary/aromatic N) is 1. The van der Waals surface area contributed by atoms with Crippen molar-refractivity contribution in [3.05, 3.63) is 12.2 Å². The van der Waals surface area contributed by atoms with Crippen LogP contribution in [-0.2, 0) is 4.79 Å². The van der Waals surface area contributed by atoms with E-state index in [0.29, 0.717) is 24.9 Å². The molecule has 0 radical (unpaired) electrons. The Kier molecular flexibility index (Phi) is 4.33. The molecule has 1 fully saturated rings. The van der Waals surface area contributed by atoms with Gasteiger partial charge in [0, 0.05) is 32.1 Å². The Labute approximate surface area is 92.5 Å². The van der Waals surface area contributed by atoms with Crippen LogP contribution in [0.25, 0.3) is 0 Å². The number of rotatable bonds is 5. The number of carbonyl (C=O) groups is 1. The molecule has 1 heterocycles. The Morgan fingerprint density at radius 2 is 2.33 bits per heavy atom. The SMILES string of the molecule is C=C(CNC(C)C)CN1CC(C)CC1=O. The first-order valence-electron chi connectivity index (χ1n) is 5.67. The summed E-state index contributed by atoms with van der Waals surface area (Å²) in [6.07, 6.45) is 0.699. The topological polar surface area (TPSA) is 32.3 Å². The van der Waals surface area contributed by atoms with E-state index in [-0.39, 0.29) is 5.91 Å². The minimum Gasteiger partial charge on any atom is -0.338 e. The lowest BCUT2D eigenvalue weighted by atomic mass is 10.2. The monoisotopic (exact) mass is 210 g/mol. The molecule has 1 saturated heterocycles. The van der Waals surface area contributed by atoms with Crippen molar-refractivity contribution < 1.29 is 4.79 Å². The van der Waals surface area contributed by atoms with Gasteiger partial charge in [-0.15, -0.1) is 0 Å². The molecule has 1 aliphatic heterocycles. The zero-order chi connectivity index (χ0) is 11.4. The van der Waals surface area contributed by atoms with Gasteiger partial charge in [-0.2, -0.15) is 0 Å². The van der Waals surface area contributed by atoms with Crippen LogP contribution in [0, 0.1) is 5.92 Å². The van der Waals surface area contributed by atoms with Crippen molar-refractivity contribution in [3.8, 4) is 0 Å². The van der Waals surface area contributed by atoms with Gasteiger partial charge in [0.1, 0.15) is 0 Å². The van der Waals surface area contributed by atoms with Crippen molar-refractivity contribution in [1.29, 1.82) is 0 Å². The number of amides is 1. The van der Waals surface area contributed by atoms with E-state index in [1.807, 2.05) is 4.90 Å². The zero-order valence-corrected chi connectivity index (χ0v) is 10.0. The van der Waals surface area contributed by atoms with Gasteiger partial charge in [0.25, 0.3) is 0 Å². The highest BCUT2D eigenvalue weighted by molar-refractivity contribution is 5.78. The van der Waals surface area contributed by atoms with Crippen molar-refractivity contribution in [3.63, 3.8) is 0 Å². The Hall–Kier alpha value is -0.830. The van der Waals surface area contributed by atoms with Crippen LogP contribution in [0.4, 0.5) is 0 Å². The summed E-state index contributed by atoms with van der Waals surface area (Å²) in [7, 11) is 0. The van der Waals surface area contributed by atoms with Gasteiger partial charge in [0.05, 0.1) is 0 Å². The predicted octanol–water partition coefficient (Wildman–Crippen LogP) is 1.41. The van der Waals surface area contributed by atoms with Crippen LogP contribution in [0.5, 0.6) is 0 Å². The number of hydrogen-bond donors (Lipinski definition) is 1. The molecule has 0 aromatic heterocycles. The zero-order valence-electron chi connectivity index (χ0n) is 10.0. The second-order valence-electron chi connectivity index (χ2n) is 4.87. The summed E-state index contributed by atoms with van der Waals surface area (Å²) >= 11 is 0. The molecule has 0 saturated carbocycles. The summed E-state index contributed by atoms with van der Waals surface area (Å²) in [5, 5.41) is 3.31. The number of likely N-dealkylation sites (tertiary alicyclic amines) is 1. The average Bonchev–Trinajstić information content (AvgIpc) is 2.42. The lowest BCUT2D eigenvalue weighted by Gasteiger charge is -2.18. The third-order valence-electron chi connectivity index (χ3n) is 2.58. The van der Waals surface area contributed by atoms with Gasteiger partial charge in [-0.05, 0) is 11.5 Å². The molecule has 1 unspecified atom stereocenters. The Morgan fingerprint density at radius 3 is 2.80 bits per heavy atom. The first kappa shape index (κ1) is 12.2. The van der Waals surface area contributed by atoms with Crippen LogP contribution in [0.15, 0.2) is 12.2 Å². The van der Waals surface area contributed by atoms with Crippen LogP contribution >= 0.6 is 0 Å². The highest BCUT2D eigenvalue weighted by atomic mass is 16.2. The molecule has 15 heavy (non-hydrogen) atoms. The van der Waals surface area contributed by atoms with Gasteiger partial charge in [0.2, 0.25) is 5.91 Å². The maximum atomic E-state index is 11.5. The Bertz CT molecular complexity index is 248. The van der Waals surface area contributed by atoms with Gasteiger partial charge < -0.3 is 10.2 Å². The normalized spacial score (nSPS) is 21.5. The molecule has 86 valence electrons. The molecule has 0 aliphatic carbocycles. The van der Waals surface area contributed by atoms with Crippen LogP contribution in [0.2, 0.25) is 0 Å². The fourth-order valence-corrected chi connectivity index (χ4v) is 1.80. The average molecular weight is 210 g/mol. The van der Waals surface area contributed by atoms with Gasteiger partial charge in [-0.25, -0.2) is 0 Å². The first-order valence-corrected chi connectivity index (χ1v) is 5.67. The summed E-state index contributed by atoms with van der Waals surface area (Å²) in [5.74, 6) is 0.775. The molecule has 0 spiro atoms. The third kappa shape index (κ3) is 4.04. The van der Waals surface area contributed by atoms with Crippen molar-refractivity contribution in [1.82, 2.24) is 10.2 Å². The smallest absolute Gasteiger partial charge is 0.223 e. The molecule has 3 nitrogen and oxygen atoms in total. The quantitative estimate of drug-likeness (QED) is 0.696. The van der Waals surface area contributed by atoms with Gasteiger partial charge in [0.15, 0.2) is 0 Å². The van der Waals surface area contributed by atoms with E-state index in [2.05, 4.69) is 32.7 Å². The van der Waals surface area contributed by atoms with Gasteiger partial charge in [-0.3, -0.25) is 4.79 Å². The highest BCUT2D eigenvalue weighted by Gasteiger charge is 2.26. The van der Waals surface area contributed by atoms with Gasteiger partial charge >= 0.3 is 0 Å². The summed E-state index contributed by atoms with van der Waals surface area (Å²) in [6.45, 7) is 12.7. The van der Waals surface area contributed by atoms with E-state index in [1.165, 1.54) is 0 Å². The van der Waals surface area contributed by atoms with E-state index >= 15 is 0 Å².